The number of hydrogen-bond donors (Lipinski definition) is 2. The first kappa shape index (κ1) is 9.03. The van der Waals surface area contributed by atoms with Crippen LogP contribution in [-0.4, -0.2) is 19.3 Å². The predicted molar refractivity (Wildman–Crippen MR) is 49.4 cm³/mol. The van der Waals surface area contributed by atoms with Crippen LogP contribution in [0.3, 0.4) is 0 Å². The molecule has 0 aromatic heterocycles. The van der Waals surface area contributed by atoms with Crippen LogP contribution < -0.4 is 10.4 Å². The first-order valence-electron chi connectivity index (χ1n) is 3.88. The standard InChI is InChI=1S/C9H14N2O/c1-11(2)9-6-4-3-5-8(9)7-10-12/h3-6,10,12H,7H2,1-2H3. The van der Waals surface area contributed by atoms with Crippen LogP contribution in [-0.2, 0) is 6.54 Å². The molecule has 0 bridgehead atoms. The first-order valence-corrected chi connectivity index (χ1v) is 3.88. The number of anilines is 1. The molecule has 0 amide bonds. The van der Waals surface area contributed by atoms with Crippen molar-refractivity contribution in [3.63, 3.8) is 0 Å². The lowest BCUT2D eigenvalue weighted by atomic mass is 10.1. The lowest BCUT2D eigenvalue weighted by Gasteiger charge is -2.16. The quantitative estimate of drug-likeness (QED) is 0.663. The molecular weight excluding hydrogens is 152 g/mol. The molecule has 0 saturated carbocycles. The summed E-state index contributed by atoms with van der Waals surface area (Å²) in [4.78, 5) is 2.02. The fraction of sp³-hybridized carbons (Fsp3) is 0.333. The summed E-state index contributed by atoms with van der Waals surface area (Å²) in [5.41, 5.74) is 4.36. The molecule has 0 fully saturated rings. The second kappa shape index (κ2) is 4.09. The average Bonchev–Trinajstić information content (AvgIpc) is 2.05. The van der Waals surface area contributed by atoms with E-state index in [4.69, 9.17) is 5.21 Å². The lowest BCUT2D eigenvalue weighted by Crippen LogP contribution is -2.14. The fourth-order valence-corrected chi connectivity index (χ4v) is 1.18. The molecule has 0 atom stereocenters. The highest BCUT2D eigenvalue weighted by Gasteiger charge is 2.01. The Hall–Kier alpha value is -1.06. The zero-order chi connectivity index (χ0) is 8.97. The van der Waals surface area contributed by atoms with Crippen molar-refractivity contribution in [1.29, 1.82) is 0 Å². The van der Waals surface area contributed by atoms with Gasteiger partial charge in [0.2, 0.25) is 0 Å². The molecule has 0 unspecified atom stereocenters. The lowest BCUT2D eigenvalue weighted by molar-refractivity contribution is 0.161. The molecular formula is C9H14N2O. The van der Waals surface area contributed by atoms with E-state index in [0.29, 0.717) is 6.54 Å². The van der Waals surface area contributed by atoms with Gasteiger partial charge >= 0.3 is 0 Å². The van der Waals surface area contributed by atoms with E-state index < -0.39 is 0 Å². The van der Waals surface area contributed by atoms with Gasteiger partial charge < -0.3 is 10.1 Å². The Bertz CT molecular complexity index is 248. The summed E-state index contributed by atoms with van der Waals surface area (Å²) in [6.45, 7) is 0.481. The second-order valence-electron chi connectivity index (χ2n) is 2.86. The summed E-state index contributed by atoms with van der Waals surface area (Å²) >= 11 is 0. The monoisotopic (exact) mass is 166 g/mol. The maximum atomic E-state index is 8.56. The van der Waals surface area contributed by atoms with Crippen molar-refractivity contribution in [2.45, 2.75) is 6.54 Å². The van der Waals surface area contributed by atoms with Gasteiger partial charge in [0.1, 0.15) is 0 Å². The van der Waals surface area contributed by atoms with Crippen LogP contribution in [0.4, 0.5) is 5.69 Å². The first-order chi connectivity index (χ1) is 5.75. The number of benzene rings is 1. The van der Waals surface area contributed by atoms with Crippen molar-refractivity contribution < 1.29 is 5.21 Å². The van der Waals surface area contributed by atoms with Crippen LogP contribution in [0, 0.1) is 0 Å². The fourth-order valence-electron chi connectivity index (χ4n) is 1.18. The zero-order valence-corrected chi connectivity index (χ0v) is 7.41. The van der Waals surface area contributed by atoms with E-state index in [1.165, 1.54) is 0 Å². The zero-order valence-electron chi connectivity index (χ0n) is 7.41. The Morgan fingerprint density at radius 2 is 2.00 bits per heavy atom. The van der Waals surface area contributed by atoms with Crippen LogP contribution >= 0.6 is 0 Å². The molecule has 3 heteroatoms. The molecule has 0 spiro atoms. The minimum Gasteiger partial charge on any atom is -0.377 e. The van der Waals surface area contributed by atoms with E-state index >= 15 is 0 Å². The Labute approximate surface area is 72.6 Å². The van der Waals surface area contributed by atoms with E-state index in [9.17, 15) is 0 Å². The number of para-hydroxylation sites is 1. The molecule has 66 valence electrons. The molecule has 1 aromatic carbocycles. The van der Waals surface area contributed by atoms with E-state index in [1.807, 2.05) is 43.3 Å². The van der Waals surface area contributed by atoms with Crippen molar-refractivity contribution in [1.82, 2.24) is 5.48 Å². The third-order valence-corrected chi connectivity index (χ3v) is 1.74. The molecule has 0 radical (unpaired) electrons. The molecule has 0 aliphatic carbocycles. The molecule has 0 aliphatic heterocycles. The van der Waals surface area contributed by atoms with Crippen LogP contribution in [0.15, 0.2) is 24.3 Å². The van der Waals surface area contributed by atoms with Gasteiger partial charge in [-0.05, 0) is 11.6 Å². The third-order valence-electron chi connectivity index (χ3n) is 1.74. The van der Waals surface area contributed by atoms with Crippen molar-refractivity contribution in [3.8, 4) is 0 Å². The molecule has 1 aromatic rings. The van der Waals surface area contributed by atoms with Crippen molar-refractivity contribution in [2.75, 3.05) is 19.0 Å². The second-order valence-corrected chi connectivity index (χ2v) is 2.86. The van der Waals surface area contributed by atoms with Gasteiger partial charge in [-0.15, -0.1) is 0 Å². The Morgan fingerprint density at radius 3 is 2.58 bits per heavy atom. The third kappa shape index (κ3) is 1.96. The van der Waals surface area contributed by atoms with Gasteiger partial charge in [-0.25, -0.2) is 5.48 Å². The Kier molecular flexibility index (Phi) is 3.08. The van der Waals surface area contributed by atoms with E-state index in [2.05, 4.69) is 5.48 Å². The smallest absolute Gasteiger partial charge is 0.0478 e. The summed E-state index contributed by atoms with van der Waals surface area (Å²) < 4.78 is 0. The van der Waals surface area contributed by atoms with Crippen LogP contribution in [0.5, 0.6) is 0 Å². The molecule has 0 aliphatic rings. The van der Waals surface area contributed by atoms with Crippen molar-refractivity contribution in [2.24, 2.45) is 0 Å². The van der Waals surface area contributed by atoms with E-state index in [0.717, 1.165) is 11.3 Å². The van der Waals surface area contributed by atoms with Crippen LogP contribution in [0.1, 0.15) is 5.56 Å². The highest BCUT2D eigenvalue weighted by Crippen LogP contribution is 2.16. The number of hydroxylamine groups is 1. The van der Waals surface area contributed by atoms with Crippen molar-refractivity contribution >= 4 is 5.69 Å². The molecule has 0 heterocycles. The van der Waals surface area contributed by atoms with Gasteiger partial charge in [-0.2, -0.15) is 0 Å². The summed E-state index contributed by atoms with van der Waals surface area (Å²) in [7, 11) is 3.96. The van der Waals surface area contributed by atoms with Gasteiger partial charge in [0.25, 0.3) is 0 Å². The largest absolute Gasteiger partial charge is 0.377 e. The highest BCUT2D eigenvalue weighted by atomic mass is 16.5. The maximum Gasteiger partial charge on any atom is 0.0478 e. The number of nitrogens with one attached hydrogen (secondary N) is 1. The molecule has 3 nitrogen and oxygen atoms in total. The number of nitrogens with zero attached hydrogens (tertiary/aromatic N) is 1. The molecule has 0 saturated heterocycles. The average molecular weight is 166 g/mol. The summed E-state index contributed by atoms with van der Waals surface area (Å²) in [6, 6.07) is 7.95. The SMILES string of the molecule is CN(C)c1ccccc1CNO. The molecule has 2 N–H and O–H groups in total. The summed E-state index contributed by atoms with van der Waals surface area (Å²) in [5.74, 6) is 0. The minimum absolute atomic E-state index is 0.481. The number of rotatable bonds is 3. The van der Waals surface area contributed by atoms with Crippen molar-refractivity contribution in [3.05, 3.63) is 29.8 Å². The van der Waals surface area contributed by atoms with Gasteiger partial charge in [0.05, 0.1) is 0 Å². The highest BCUT2D eigenvalue weighted by molar-refractivity contribution is 5.52. The van der Waals surface area contributed by atoms with Crippen LogP contribution in [0.25, 0.3) is 0 Å². The Balaban J connectivity index is 2.92. The van der Waals surface area contributed by atoms with Gasteiger partial charge in [-0.1, -0.05) is 18.2 Å². The molecule has 1 rings (SSSR count). The van der Waals surface area contributed by atoms with Crippen LogP contribution in [0.2, 0.25) is 0 Å². The Morgan fingerprint density at radius 1 is 1.33 bits per heavy atom. The van der Waals surface area contributed by atoms with Gasteiger partial charge in [-0.3, -0.25) is 0 Å². The summed E-state index contributed by atoms with van der Waals surface area (Å²) in [5, 5.41) is 8.56. The molecule has 12 heavy (non-hydrogen) atoms. The van der Waals surface area contributed by atoms with Gasteiger partial charge in [0, 0.05) is 26.3 Å². The minimum atomic E-state index is 0.481. The number of hydrogen-bond acceptors (Lipinski definition) is 3. The summed E-state index contributed by atoms with van der Waals surface area (Å²) in [6.07, 6.45) is 0. The van der Waals surface area contributed by atoms with E-state index in [-0.39, 0.29) is 0 Å². The maximum absolute atomic E-state index is 8.56. The predicted octanol–water partition coefficient (Wildman–Crippen LogP) is 1.23. The van der Waals surface area contributed by atoms with E-state index in [1.54, 1.807) is 0 Å². The normalized spacial score (nSPS) is 9.92. The van der Waals surface area contributed by atoms with Gasteiger partial charge in [0.15, 0.2) is 0 Å². The topological polar surface area (TPSA) is 35.5 Å².